The number of amides is 2. The van der Waals surface area contributed by atoms with Crippen LogP contribution in [0.25, 0.3) is 0 Å². The fourth-order valence-electron chi connectivity index (χ4n) is 1.65. The molecule has 0 heterocycles. The van der Waals surface area contributed by atoms with Crippen molar-refractivity contribution in [1.82, 2.24) is 4.90 Å². The number of rotatable bonds is 4. The maximum absolute atomic E-state index is 12.3. The molecule has 0 fully saturated rings. The van der Waals surface area contributed by atoms with Gasteiger partial charge in [0.1, 0.15) is 0 Å². The Hall–Kier alpha value is -0.970. The fourth-order valence-corrected chi connectivity index (χ4v) is 1.79. The highest BCUT2D eigenvalue weighted by atomic mass is 35.6. The van der Waals surface area contributed by atoms with Gasteiger partial charge in [-0.3, -0.25) is 9.59 Å². The highest BCUT2D eigenvalue weighted by Crippen LogP contribution is 2.28. The van der Waals surface area contributed by atoms with Gasteiger partial charge in [0.2, 0.25) is 0 Å². The Morgan fingerprint density at radius 3 is 2.20 bits per heavy atom. The predicted molar refractivity (Wildman–Crippen MR) is 82.6 cm³/mol. The summed E-state index contributed by atoms with van der Waals surface area (Å²) in [6.45, 7) is 4.90. The Labute approximate surface area is 133 Å². The van der Waals surface area contributed by atoms with E-state index in [2.05, 4.69) is 5.32 Å². The van der Waals surface area contributed by atoms with E-state index >= 15 is 0 Å². The van der Waals surface area contributed by atoms with E-state index in [0.717, 1.165) is 0 Å². The summed E-state index contributed by atoms with van der Waals surface area (Å²) in [6, 6.07) is 6.61. The van der Waals surface area contributed by atoms with E-state index in [1.807, 2.05) is 13.8 Å². The van der Waals surface area contributed by atoms with Crippen molar-refractivity contribution in [2.75, 3.05) is 18.4 Å². The summed E-state index contributed by atoms with van der Waals surface area (Å²) in [4.78, 5) is 25.7. The topological polar surface area (TPSA) is 49.4 Å². The summed E-state index contributed by atoms with van der Waals surface area (Å²) in [5, 5.41) is 2.45. The first-order chi connectivity index (χ1) is 9.31. The standard InChI is InChI=1S/C13H15Cl3N2O2/c1-3-18(4-2)11(19)9-7-5-6-8-10(9)17-12(20)13(14,15)16/h5-8H,3-4H2,1-2H3,(H,17,20). The zero-order valence-electron chi connectivity index (χ0n) is 11.1. The third-order valence-corrected chi connectivity index (χ3v) is 3.23. The molecule has 0 saturated carbocycles. The van der Waals surface area contributed by atoms with Crippen LogP contribution in [-0.4, -0.2) is 33.6 Å². The molecule has 1 aromatic carbocycles. The quantitative estimate of drug-likeness (QED) is 0.855. The smallest absolute Gasteiger partial charge is 0.276 e. The minimum atomic E-state index is -2.08. The molecule has 0 aliphatic rings. The zero-order chi connectivity index (χ0) is 15.3. The van der Waals surface area contributed by atoms with Crippen molar-refractivity contribution in [2.24, 2.45) is 0 Å². The summed E-state index contributed by atoms with van der Waals surface area (Å²) in [6.07, 6.45) is 0. The van der Waals surface area contributed by atoms with Crippen LogP contribution < -0.4 is 5.32 Å². The Morgan fingerprint density at radius 2 is 1.70 bits per heavy atom. The SMILES string of the molecule is CCN(CC)C(=O)c1ccccc1NC(=O)C(Cl)(Cl)Cl. The van der Waals surface area contributed by atoms with Gasteiger partial charge in [-0.15, -0.1) is 0 Å². The van der Waals surface area contributed by atoms with E-state index in [4.69, 9.17) is 34.8 Å². The molecule has 0 saturated heterocycles. The second-order valence-electron chi connectivity index (χ2n) is 3.97. The molecule has 4 nitrogen and oxygen atoms in total. The van der Waals surface area contributed by atoms with Crippen molar-refractivity contribution in [3.8, 4) is 0 Å². The van der Waals surface area contributed by atoms with Gasteiger partial charge in [-0.2, -0.15) is 0 Å². The Bertz CT molecular complexity index is 497. The second kappa shape index (κ2) is 7.16. The largest absolute Gasteiger partial charge is 0.339 e. The molecule has 1 rings (SSSR count). The van der Waals surface area contributed by atoms with Crippen LogP contribution in [0.1, 0.15) is 24.2 Å². The van der Waals surface area contributed by atoms with Crippen LogP contribution in [0.4, 0.5) is 5.69 Å². The van der Waals surface area contributed by atoms with E-state index < -0.39 is 9.70 Å². The Kier molecular flexibility index (Phi) is 6.11. The van der Waals surface area contributed by atoms with Crippen molar-refractivity contribution in [3.63, 3.8) is 0 Å². The minimum Gasteiger partial charge on any atom is -0.339 e. The van der Waals surface area contributed by atoms with Gasteiger partial charge in [-0.1, -0.05) is 46.9 Å². The monoisotopic (exact) mass is 336 g/mol. The number of carbonyl (C=O) groups excluding carboxylic acids is 2. The lowest BCUT2D eigenvalue weighted by molar-refractivity contribution is -0.115. The minimum absolute atomic E-state index is 0.185. The zero-order valence-corrected chi connectivity index (χ0v) is 13.4. The first kappa shape index (κ1) is 17.1. The number of para-hydroxylation sites is 1. The van der Waals surface area contributed by atoms with E-state index in [1.165, 1.54) is 0 Å². The molecule has 110 valence electrons. The highest BCUT2D eigenvalue weighted by molar-refractivity contribution is 6.76. The molecule has 0 aromatic heterocycles. The lowest BCUT2D eigenvalue weighted by atomic mass is 10.1. The third-order valence-electron chi connectivity index (χ3n) is 2.71. The molecule has 7 heteroatoms. The molecule has 0 bridgehead atoms. The number of carbonyl (C=O) groups is 2. The first-order valence-electron chi connectivity index (χ1n) is 6.07. The first-order valence-corrected chi connectivity index (χ1v) is 7.21. The number of alkyl halides is 3. The van der Waals surface area contributed by atoms with Crippen LogP contribution in [0.5, 0.6) is 0 Å². The van der Waals surface area contributed by atoms with Gasteiger partial charge in [-0.25, -0.2) is 0 Å². The predicted octanol–water partition coefficient (Wildman–Crippen LogP) is 3.48. The van der Waals surface area contributed by atoms with Crippen molar-refractivity contribution < 1.29 is 9.59 Å². The van der Waals surface area contributed by atoms with Crippen LogP contribution in [0, 0.1) is 0 Å². The second-order valence-corrected chi connectivity index (χ2v) is 6.26. The third kappa shape index (κ3) is 4.27. The van der Waals surface area contributed by atoms with Crippen LogP contribution in [0.3, 0.4) is 0 Å². The van der Waals surface area contributed by atoms with Crippen LogP contribution in [0.2, 0.25) is 0 Å². The van der Waals surface area contributed by atoms with E-state index in [-0.39, 0.29) is 5.91 Å². The van der Waals surface area contributed by atoms with Gasteiger partial charge >= 0.3 is 0 Å². The average molecular weight is 338 g/mol. The Balaban J connectivity index is 3.05. The molecule has 0 radical (unpaired) electrons. The summed E-state index contributed by atoms with van der Waals surface area (Å²) in [5.41, 5.74) is 0.680. The number of halogens is 3. The number of benzene rings is 1. The number of hydrogen-bond donors (Lipinski definition) is 1. The lowest BCUT2D eigenvalue weighted by Gasteiger charge is -2.21. The molecule has 2 amide bonds. The van der Waals surface area contributed by atoms with Crippen molar-refractivity contribution in [2.45, 2.75) is 17.6 Å². The number of anilines is 1. The maximum atomic E-state index is 12.3. The molecule has 0 aliphatic carbocycles. The van der Waals surface area contributed by atoms with Crippen LogP contribution >= 0.6 is 34.8 Å². The van der Waals surface area contributed by atoms with Crippen LogP contribution in [-0.2, 0) is 4.79 Å². The summed E-state index contributed by atoms with van der Waals surface area (Å²) in [5.74, 6) is -0.988. The number of hydrogen-bond acceptors (Lipinski definition) is 2. The van der Waals surface area contributed by atoms with Gasteiger partial charge in [0.15, 0.2) is 0 Å². The number of nitrogens with zero attached hydrogens (tertiary/aromatic N) is 1. The van der Waals surface area contributed by atoms with E-state index in [9.17, 15) is 9.59 Å². The van der Waals surface area contributed by atoms with Gasteiger partial charge in [0.05, 0.1) is 11.3 Å². The number of nitrogens with one attached hydrogen (secondary N) is 1. The molecule has 0 unspecified atom stereocenters. The Morgan fingerprint density at radius 1 is 1.15 bits per heavy atom. The molecule has 0 spiro atoms. The van der Waals surface area contributed by atoms with E-state index in [0.29, 0.717) is 24.3 Å². The molecule has 20 heavy (non-hydrogen) atoms. The van der Waals surface area contributed by atoms with Crippen molar-refractivity contribution in [1.29, 1.82) is 0 Å². The molecule has 0 atom stereocenters. The summed E-state index contributed by atoms with van der Waals surface area (Å²) >= 11 is 16.5. The highest BCUT2D eigenvalue weighted by Gasteiger charge is 2.31. The fraction of sp³-hybridized carbons (Fsp3) is 0.385. The lowest BCUT2D eigenvalue weighted by Crippen LogP contribution is -2.32. The maximum Gasteiger partial charge on any atom is 0.276 e. The molecule has 1 aromatic rings. The van der Waals surface area contributed by atoms with Crippen molar-refractivity contribution in [3.05, 3.63) is 29.8 Å². The molecular weight excluding hydrogens is 323 g/mol. The normalized spacial score (nSPS) is 11.1. The van der Waals surface area contributed by atoms with Crippen molar-refractivity contribution >= 4 is 52.3 Å². The average Bonchev–Trinajstić information content (AvgIpc) is 2.39. The van der Waals surface area contributed by atoms with Gasteiger partial charge < -0.3 is 10.2 Å². The molecule has 1 N–H and O–H groups in total. The molecule has 0 aliphatic heterocycles. The van der Waals surface area contributed by atoms with Gasteiger partial charge in [0, 0.05) is 13.1 Å². The van der Waals surface area contributed by atoms with Gasteiger partial charge in [-0.05, 0) is 26.0 Å². The van der Waals surface area contributed by atoms with Crippen LogP contribution in [0.15, 0.2) is 24.3 Å². The molecular formula is C13H15Cl3N2O2. The summed E-state index contributed by atoms with van der Waals surface area (Å²) < 4.78 is -2.08. The van der Waals surface area contributed by atoms with E-state index in [1.54, 1.807) is 29.2 Å². The van der Waals surface area contributed by atoms with Gasteiger partial charge in [0.25, 0.3) is 15.6 Å². The summed E-state index contributed by atoms with van der Waals surface area (Å²) in [7, 11) is 0.